The van der Waals surface area contributed by atoms with Crippen molar-refractivity contribution >= 4 is 35.1 Å². The topological polar surface area (TPSA) is 87.7 Å². The van der Waals surface area contributed by atoms with E-state index in [9.17, 15) is 14.4 Å². The second-order valence-electron chi connectivity index (χ2n) is 6.65. The smallest absolute Gasteiger partial charge is 0.308 e. The van der Waals surface area contributed by atoms with E-state index in [1.165, 1.54) is 0 Å². The highest BCUT2D eigenvalue weighted by atomic mass is 32.1. The molecule has 1 unspecified atom stereocenters. The first kappa shape index (κ1) is 21.8. The Balaban J connectivity index is 1.90. The van der Waals surface area contributed by atoms with Gasteiger partial charge in [-0.25, -0.2) is 0 Å². The van der Waals surface area contributed by atoms with Gasteiger partial charge in [-0.05, 0) is 24.2 Å². The lowest BCUT2D eigenvalue weighted by Crippen LogP contribution is -2.60. The molecule has 1 saturated heterocycles. The number of unbranched alkanes of at least 4 members (excludes halogenated alkanes) is 2. The van der Waals surface area contributed by atoms with Gasteiger partial charge in [0.05, 0.1) is 19.4 Å². The summed E-state index contributed by atoms with van der Waals surface area (Å²) in [7, 11) is 0. The number of benzene rings is 1. The number of carbonyl (C=O) groups is 3. The van der Waals surface area contributed by atoms with E-state index in [0.29, 0.717) is 19.7 Å². The van der Waals surface area contributed by atoms with Crippen molar-refractivity contribution in [2.75, 3.05) is 19.7 Å². The number of nitrogens with one attached hydrogen (secondary N) is 2. The van der Waals surface area contributed by atoms with Crippen molar-refractivity contribution in [3.8, 4) is 0 Å². The number of piperazine rings is 1. The fourth-order valence-corrected chi connectivity index (χ4v) is 3.26. The molecule has 1 atom stereocenters. The molecule has 0 spiro atoms. The Bertz CT molecular complexity index is 696. The maximum atomic E-state index is 12.3. The van der Waals surface area contributed by atoms with Gasteiger partial charge in [-0.15, -0.1) is 0 Å². The third kappa shape index (κ3) is 6.92. The molecular formula is C20H27N3O4S. The van der Waals surface area contributed by atoms with Crippen molar-refractivity contribution in [1.29, 1.82) is 0 Å². The van der Waals surface area contributed by atoms with E-state index < -0.39 is 12.0 Å². The fraction of sp³-hybridized carbons (Fsp3) is 0.500. The molecule has 1 aromatic rings. The number of nitrogens with zero attached hydrogens (tertiary/aromatic N) is 1. The summed E-state index contributed by atoms with van der Waals surface area (Å²) in [6.07, 6.45) is 2.91. The standard InChI is InChI=1S/C20H27N3O4S/c1-2-3-7-12-27-18(25)14-16-19(26)21-10-11-23(16)20(28)22-17(24)13-15-8-5-4-6-9-15/h4-6,8-9,16H,2-3,7,10-14H2,1H3,(H,21,26)(H,22,24,28). The average molecular weight is 406 g/mol. The van der Waals surface area contributed by atoms with Gasteiger partial charge in [-0.1, -0.05) is 50.1 Å². The van der Waals surface area contributed by atoms with Crippen LogP contribution in [-0.2, 0) is 25.5 Å². The lowest BCUT2D eigenvalue weighted by Gasteiger charge is -2.36. The molecule has 0 saturated carbocycles. The maximum absolute atomic E-state index is 12.3. The first-order valence-corrected chi connectivity index (χ1v) is 9.99. The third-order valence-corrected chi connectivity index (χ3v) is 4.75. The summed E-state index contributed by atoms with van der Waals surface area (Å²) in [5, 5.41) is 5.55. The summed E-state index contributed by atoms with van der Waals surface area (Å²) >= 11 is 5.33. The van der Waals surface area contributed by atoms with Gasteiger partial charge in [-0.2, -0.15) is 0 Å². The van der Waals surface area contributed by atoms with Crippen LogP contribution in [-0.4, -0.2) is 53.5 Å². The minimum absolute atomic E-state index is 0.105. The molecule has 7 nitrogen and oxygen atoms in total. The number of amides is 2. The molecular weight excluding hydrogens is 378 g/mol. The van der Waals surface area contributed by atoms with Crippen LogP contribution in [0.1, 0.15) is 38.2 Å². The predicted molar refractivity (Wildman–Crippen MR) is 109 cm³/mol. The molecule has 1 aromatic carbocycles. The molecule has 0 aliphatic carbocycles. The quantitative estimate of drug-likeness (QED) is 0.388. The highest BCUT2D eigenvalue weighted by molar-refractivity contribution is 7.80. The fourth-order valence-electron chi connectivity index (χ4n) is 2.93. The molecule has 2 rings (SSSR count). The van der Waals surface area contributed by atoms with Crippen LogP contribution < -0.4 is 10.6 Å². The van der Waals surface area contributed by atoms with Crippen LogP contribution in [0, 0.1) is 0 Å². The Labute approximate surface area is 170 Å². The summed E-state index contributed by atoms with van der Waals surface area (Å²) < 4.78 is 5.21. The molecule has 1 fully saturated rings. The Hall–Kier alpha value is -2.48. The van der Waals surface area contributed by atoms with Crippen LogP contribution in [0.4, 0.5) is 0 Å². The number of thiocarbonyl (C=S) groups is 1. The molecule has 2 amide bonds. The SMILES string of the molecule is CCCCCOC(=O)CC1C(=O)NCCN1C(=S)NC(=O)Cc1ccccc1. The van der Waals surface area contributed by atoms with E-state index in [-0.39, 0.29) is 29.8 Å². The van der Waals surface area contributed by atoms with Crippen molar-refractivity contribution in [3.63, 3.8) is 0 Å². The number of hydrogen-bond acceptors (Lipinski definition) is 5. The second-order valence-corrected chi connectivity index (χ2v) is 7.03. The maximum Gasteiger partial charge on any atom is 0.308 e. The van der Waals surface area contributed by atoms with E-state index in [1.807, 2.05) is 30.3 Å². The summed E-state index contributed by atoms with van der Waals surface area (Å²) in [5.74, 6) is -0.999. The van der Waals surface area contributed by atoms with Gasteiger partial charge >= 0.3 is 5.97 Å². The summed E-state index contributed by atoms with van der Waals surface area (Å²) in [6, 6.07) is 8.53. The van der Waals surface area contributed by atoms with E-state index in [2.05, 4.69) is 17.6 Å². The Kier molecular flexibility index (Phi) is 8.87. The zero-order valence-electron chi connectivity index (χ0n) is 16.1. The summed E-state index contributed by atoms with van der Waals surface area (Å²) in [4.78, 5) is 38.2. The van der Waals surface area contributed by atoms with Crippen molar-refractivity contribution < 1.29 is 19.1 Å². The normalized spacial score (nSPS) is 16.2. The molecule has 0 radical (unpaired) electrons. The number of ether oxygens (including phenoxy) is 1. The molecule has 2 N–H and O–H groups in total. The van der Waals surface area contributed by atoms with Crippen molar-refractivity contribution in [2.45, 2.75) is 45.1 Å². The van der Waals surface area contributed by atoms with Crippen LogP contribution in [0.5, 0.6) is 0 Å². The van der Waals surface area contributed by atoms with Gasteiger partial charge < -0.3 is 20.3 Å². The van der Waals surface area contributed by atoms with Gasteiger partial charge in [-0.3, -0.25) is 14.4 Å². The Morgan fingerprint density at radius 1 is 1.29 bits per heavy atom. The number of esters is 1. The molecule has 0 aromatic heterocycles. The van der Waals surface area contributed by atoms with Crippen LogP contribution in [0.15, 0.2) is 30.3 Å². The van der Waals surface area contributed by atoms with E-state index in [1.54, 1.807) is 4.90 Å². The molecule has 1 aliphatic rings. The first-order chi connectivity index (χ1) is 13.5. The number of carbonyl (C=O) groups excluding carboxylic acids is 3. The zero-order valence-corrected chi connectivity index (χ0v) is 16.9. The van der Waals surface area contributed by atoms with Crippen LogP contribution in [0.3, 0.4) is 0 Å². The van der Waals surface area contributed by atoms with Gasteiger partial charge in [0.2, 0.25) is 11.8 Å². The summed E-state index contributed by atoms with van der Waals surface area (Å²) in [5.41, 5.74) is 0.867. The van der Waals surface area contributed by atoms with Crippen molar-refractivity contribution in [3.05, 3.63) is 35.9 Å². The highest BCUT2D eigenvalue weighted by Gasteiger charge is 2.34. The predicted octanol–water partition coefficient (Wildman–Crippen LogP) is 1.55. The highest BCUT2D eigenvalue weighted by Crippen LogP contribution is 2.11. The Morgan fingerprint density at radius 2 is 2.04 bits per heavy atom. The van der Waals surface area contributed by atoms with E-state index in [4.69, 9.17) is 17.0 Å². The van der Waals surface area contributed by atoms with Crippen molar-refractivity contribution in [2.24, 2.45) is 0 Å². The number of hydrogen-bond donors (Lipinski definition) is 2. The first-order valence-electron chi connectivity index (χ1n) is 9.59. The van der Waals surface area contributed by atoms with Crippen molar-refractivity contribution in [1.82, 2.24) is 15.5 Å². The molecule has 1 heterocycles. The lowest BCUT2D eigenvalue weighted by molar-refractivity contribution is -0.147. The van der Waals surface area contributed by atoms with Crippen LogP contribution >= 0.6 is 12.2 Å². The molecule has 28 heavy (non-hydrogen) atoms. The van der Waals surface area contributed by atoms with E-state index >= 15 is 0 Å². The second kappa shape index (κ2) is 11.4. The minimum Gasteiger partial charge on any atom is -0.466 e. The largest absolute Gasteiger partial charge is 0.466 e. The van der Waals surface area contributed by atoms with Gasteiger partial charge in [0, 0.05) is 13.1 Å². The zero-order chi connectivity index (χ0) is 20.4. The molecule has 0 bridgehead atoms. The minimum atomic E-state index is -0.781. The Morgan fingerprint density at radius 3 is 2.75 bits per heavy atom. The molecule has 152 valence electrons. The van der Waals surface area contributed by atoms with Gasteiger partial charge in [0.25, 0.3) is 0 Å². The van der Waals surface area contributed by atoms with Gasteiger partial charge in [0.15, 0.2) is 5.11 Å². The van der Waals surface area contributed by atoms with E-state index in [0.717, 1.165) is 24.8 Å². The monoisotopic (exact) mass is 405 g/mol. The van der Waals surface area contributed by atoms with Gasteiger partial charge in [0.1, 0.15) is 6.04 Å². The van der Waals surface area contributed by atoms with Crippen LogP contribution in [0.25, 0.3) is 0 Å². The average Bonchev–Trinajstić information content (AvgIpc) is 2.67. The lowest BCUT2D eigenvalue weighted by atomic mass is 10.1. The summed E-state index contributed by atoms with van der Waals surface area (Å²) in [6.45, 7) is 3.23. The molecule has 8 heteroatoms. The van der Waals surface area contributed by atoms with Crippen LogP contribution in [0.2, 0.25) is 0 Å². The number of rotatable bonds is 8. The third-order valence-electron chi connectivity index (χ3n) is 4.42. The molecule has 1 aliphatic heterocycles.